The molecule has 2 rings (SSSR count). The number of pyridine rings is 1. The number of aromatic nitrogens is 1. The van der Waals surface area contributed by atoms with E-state index in [9.17, 15) is 0 Å². The number of fused-ring (bicyclic) bond motifs is 1. The summed E-state index contributed by atoms with van der Waals surface area (Å²) in [6.07, 6.45) is 0.257. The van der Waals surface area contributed by atoms with Gasteiger partial charge in [-0.2, -0.15) is 5.26 Å². The van der Waals surface area contributed by atoms with Gasteiger partial charge < -0.3 is 0 Å². The first-order valence-electron chi connectivity index (χ1n) is 4.74. The molecule has 80 valence electrons. The van der Waals surface area contributed by atoms with Gasteiger partial charge in [-0.15, -0.1) is 0 Å². The Bertz CT molecular complexity index is 600. The molecule has 2 aromatic rings. The summed E-state index contributed by atoms with van der Waals surface area (Å²) in [6, 6.07) is 7.65. The minimum atomic E-state index is 0.257. The number of nitriles is 1. The summed E-state index contributed by atoms with van der Waals surface area (Å²) in [6.45, 7) is 1.92. The third kappa shape index (κ3) is 1.97. The van der Waals surface area contributed by atoms with E-state index < -0.39 is 0 Å². The molecular weight excluding hydrogens is 243 g/mol. The Morgan fingerprint density at radius 2 is 2.06 bits per heavy atom. The lowest BCUT2D eigenvalue weighted by atomic mass is 10.1. The Labute approximate surface area is 103 Å². The topological polar surface area (TPSA) is 36.7 Å². The second-order valence-corrected chi connectivity index (χ2v) is 4.33. The SMILES string of the molecule is Cc1cc2nc(Cl)c(CC#N)cc2cc1Cl. The summed E-state index contributed by atoms with van der Waals surface area (Å²) >= 11 is 12.0. The summed E-state index contributed by atoms with van der Waals surface area (Å²) in [5.41, 5.74) is 2.50. The fourth-order valence-electron chi connectivity index (χ4n) is 1.53. The summed E-state index contributed by atoms with van der Waals surface area (Å²) in [5, 5.41) is 10.6. The third-order valence-electron chi connectivity index (χ3n) is 2.39. The zero-order valence-electron chi connectivity index (χ0n) is 8.59. The molecule has 1 heterocycles. The summed E-state index contributed by atoms with van der Waals surface area (Å²) < 4.78 is 0. The lowest BCUT2D eigenvalue weighted by molar-refractivity contribution is 1.22. The van der Waals surface area contributed by atoms with Crippen LogP contribution in [0, 0.1) is 18.3 Å². The maximum absolute atomic E-state index is 8.65. The van der Waals surface area contributed by atoms with Crippen molar-refractivity contribution in [3.05, 3.63) is 39.5 Å². The fraction of sp³-hybridized carbons (Fsp3) is 0.167. The van der Waals surface area contributed by atoms with E-state index >= 15 is 0 Å². The quantitative estimate of drug-likeness (QED) is 0.720. The monoisotopic (exact) mass is 250 g/mol. The lowest BCUT2D eigenvalue weighted by Gasteiger charge is -2.05. The van der Waals surface area contributed by atoms with Crippen molar-refractivity contribution in [3.8, 4) is 6.07 Å². The summed E-state index contributed by atoms with van der Waals surface area (Å²) in [7, 11) is 0. The first kappa shape index (κ1) is 11.2. The molecule has 0 radical (unpaired) electrons. The van der Waals surface area contributed by atoms with Gasteiger partial charge in [-0.05, 0) is 30.7 Å². The molecule has 1 aromatic carbocycles. The molecule has 0 aliphatic heterocycles. The van der Waals surface area contributed by atoms with E-state index in [4.69, 9.17) is 28.5 Å². The van der Waals surface area contributed by atoms with Crippen molar-refractivity contribution in [1.29, 1.82) is 5.26 Å². The van der Waals surface area contributed by atoms with Crippen LogP contribution in [0.1, 0.15) is 11.1 Å². The highest BCUT2D eigenvalue weighted by atomic mass is 35.5. The first-order chi connectivity index (χ1) is 7.61. The molecule has 2 nitrogen and oxygen atoms in total. The van der Waals surface area contributed by atoms with Gasteiger partial charge in [0.1, 0.15) is 5.15 Å². The highest BCUT2D eigenvalue weighted by molar-refractivity contribution is 6.32. The van der Waals surface area contributed by atoms with Crippen molar-refractivity contribution < 1.29 is 0 Å². The molecule has 16 heavy (non-hydrogen) atoms. The molecule has 0 aliphatic carbocycles. The number of hydrogen-bond donors (Lipinski definition) is 0. The van der Waals surface area contributed by atoms with Crippen LogP contribution < -0.4 is 0 Å². The van der Waals surface area contributed by atoms with Gasteiger partial charge in [0.15, 0.2) is 0 Å². The van der Waals surface area contributed by atoms with Gasteiger partial charge in [-0.25, -0.2) is 4.98 Å². The van der Waals surface area contributed by atoms with E-state index in [1.165, 1.54) is 0 Å². The molecular formula is C12H8Cl2N2. The van der Waals surface area contributed by atoms with E-state index in [0.29, 0.717) is 10.2 Å². The molecule has 0 spiro atoms. The summed E-state index contributed by atoms with van der Waals surface area (Å²) in [4.78, 5) is 4.25. The molecule has 0 bridgehead atoms. The zero-order chi connectivity index (χ0) is 11.7. The number of nitrogens with zero attached hydrogens (tertiary/aromatic N) is 2. The largest absolute Gasteiger partial charge is 0.236 e. The van der Waals surface area contributed by atoms with Gasteiger partial charge in [0.05, 0.1) is 18.0 Å². The van der Waals surface area contributed by atoms with E-state index in [0.717, 1.165) is 22.0 Å². The van der Waals surface area contributed by atoms with Gasteiger partial charge >= 0.3 is 0 Å². The molecule has 0 saturated carbocycles. The molecule has 0 atom stereocenters. The number of rotatable bonds is 1. The second kappa shape index (κ2) is 4.29. The van der Waals surface area contributed by atoms with Crippen LogP contribution in [-0.2, 0) is 6.42 Å². The molecule has 0 unspecified atom stereocenters. The van der Waals surface area contributed by atoms with Gasteiger partial charge in [0, 0.05) is 16.0 Å². The van der Waals surface area contributed by atoms with E-state index in [2.05, 4.69) is 11.1 Å². The number of aryl methyl sites for hydroxylation is 1. The molecule has 0 saturated heterocycles. The maximum atomic E-state index is 8.65. The molecule has 1 aromatic heterocycles. The predicted octanol–water partition coefficient (Wildman–Crippen LogP) is 3.92. The molecule has 0 amide bonds. The van der Waals surface area contributed by atoms with Crippen LogP contribution in [0.2, 0.25) is 10.2 Å². The highest BCUT2D eigenvalue weighted by Crippen LogP contribution is 2.26. The average Bonchev–Trinajstić information content (AvgIpc) is 2.23. The van der Waals surface area contributed by atoms with E-state index in [-0.39, 0.29) is 6.42 Å². The summed E-state index contributed by atoms with van der Waals surface area (Å²) in [5.74, 6) is 0. The van der Waals surface area contributed by atoms with Crippen LogP contribution >= 0.6 is 23.2 Å². The fourth-order valence-corrected chi connectivity index (χ4v) is 1.91. The predicted molar refractivity (Wildman–Crippen MR) is 65.8 cm³/mol. The standard InChI is InChI=1S/C12H8Cl2N2/c1-7-4-11-9(6-10(7)13)5-8(2-3-15)12(14)16-11/h4-6H,2H2,1H3. The Morgan fingerprint density at radius 1 is 1.31 bits per heavy atom. The van der Waals surface area contributed by atoms with Crippen LogP contribution in [0.4, 0.5) is 0 Å². The van der Waals surface area contributed by atoms with Gasteiger partial charge in [-0.1, -0.05) is 23.2 Å². The van der Waals surface area contributed by atoms with Crippen molar-refractivity contribution >= 4 is 34.1 Å². The molecule has 0 N–H and O–H groups in total. The van der Waals surface area contributed by atoms with Crippen molar-refractivity contribution in [2.24, 2.45) is 0 Å². The van der Waals surface area contributed by atoms with Gasteiger partial charge in [-0.3, -0.25) is 0 Å². The normalized spacial score (nSPS) is 10.4. The number of halogens is 2. The molecule has 0 fully saturated rings. The van der Waals surface area contributed by atoms with Crippen LogP contribution in [0.25, 0.3) is 10.9 Å². The Kier molecular flexibility index (Phi) is 3.00. The van der Waals surface area contributed by atoms with Crippen LogP contribution in [0.15, 0.2) is 18.2 Å². The molecule has 4 heteroatoms. The second-order valence-electron chi connectivity index (χ2n) is 3.57. The van der Waals surface area contributed by atoms with Crippen molar-refractivity contribution in [2.75, 3.05) is 0 Å². The third-order valence-corrected chi connectivity index (χ3v) is 3.13. The lowest BCUT2D eigenvalue weighted by Crippen LogP contribution is -1.90. The van der Waals surface area contributed by atoms with Crippen molar-refractivity contribution in [2.45, 2.75) is 13.3 Å². The van der Waals surface area contributed by atoms with E-state index in [1.807, 2.05) is 25.1 Å². The minimum absolute atomic E-state index is 0.257. The van der Waals surface area contributed by atoms with Crippen molar-refractivity contribution in [3.63, 3.8) is 0 Å². The Morgan fingerprint density at radius 3 is 2.75 bits per heavy atom. The average molecular weight is 251 g/mol. The smallest absolute Gasteiger partial charge is 0.134 e. The van der Waals surface area contributed by atoms with Crippen LogP contribution in [0.5, 0.6) is 0 Å². The highest BCUT2D eigenvalue weighted by Gasteiger charge is 2.06. The van der Waals surface area contributed by atoms with E-state index in [1.54, 1.807) is 0 Å². The zero-order valence-corrected chi connectivity index (χ0v) is 10.1. The Hall–Kier alpha value is -1.30. The first-order valence-corrected chi connectivity index (χ1v) is 5.49. The maximum Gasteiger partial charge on any atom is 0.134 e. The molecule has 0 aliphatic rings. The number of benzene rings is 1. The van der Waals surface area contributed by atoms with Crippen LogP contribution in [0.3, 0.4) is 0 Å². The van der Waals surface area contributed by atoms with Crippen LogP contribution in [-0.4, -0.2) is 4.98 Å². The minimum Gasteiger partial charge on any atom is -0.236 e. The Balaban J connectivity index is 2.70. The van der Waals surface area contributed by atoms with Crippen molar-refractivity contribution in [1.82, 2.24) is 4.98 Å². The van der Waals surface area contributed by atoms with Gasteiger partial charge in [0.25, 0.3) is 0 Å². The number of hydrogen-bond acceptors (Lipinski definition) is 2. The van der Waals surface area contributed by atoms with Gasteiger partial charge in [0.2, 0.25) is 0 Å².